The van der Waals surface area contributed by atoms with Gasteiger partial charge in [-0.2, -0.15) is 0 Å². The van der Waals surface area contributed by atoms with E-state index in [1.807, 2.05) is 4.90 Å². The van der Waals surface area contributed by atoms with Crippen LogP contribution in [0.25, 0.3) is 10.1 Å². The molecule has 1 unspecified atom stereocenters. The highest BCUT2D eigenvalue weighted by Gasteiger charge is 2.55. The van der Waals surface area contributed by atoms with Gasteiger partial charge in [0, 0.05) is 22.8 Å². The van der Waals surface area contributed by atoms with Gasteiger partial charge in [-0.3, -0.25) is 9.80 Å². The van der Waals surface area contributed by atoms with Gasteiger partial charge in [-0.1, -0.05) is 0 Å². The summed E-state index contributed by atoms with van der Waals surface area (Å²) in [7, 11) is 0. The van der Waals surface area contributed by atoms with Gasteiger partial charge >= 0.3 is 6.09 Å². The minimum absolute atomic E-state index is 0.175. The molecule has 0 saturated carbocycles. The van der Waals surface area contributed by atoms with Crippen molar-refractivity contribution in [3.8, 4) is 0 Å². The Bertz CT molecular complexity index is 793. The lowest BCUT2D eigenvalue weighted by atomic mass is 9.75. The second-order valence-corrected chi connectivity index (χ2v) is 8.08. The third kappa shape index (κ3) is 1.96. The van der Waals surface area contributed by atoms with E-state index >= 15 is 0 Å². The van der Waals surface area contributed by atoms with Crippen LogP contribution < -0.4 is 4.90 Å². The predicted molar refractivity (Wildman–Crippen MR) is 92.3 cm³/mol. The molecule has 120 valence electrons. The number of nitrogens with zero attached hydrogens (tertiary/aromatic N) is 2. The van der Waals surface area contributed by atoms with Gasteiger partial charge in [0.1, 0.15) is 5.60 Å². The van der Waals surface area contributed by atoms with Gasteiger partial charge in [-0.25, -0.2) is 4.79 Å². The highest BCUT2D eigenvalue weighted by atomic mass is 32.1. The molecule has 1 atom stereocenters. The van der Waals surface area contributed by atoms with E-state index in [-0.39, 0.29) is 11.7 Å². The number of ether oxygens (including phenoxy) is 1. The first-order chi connectivity index (χ1) is 11.1. The summed E-state index contributed by atoms with van der Waals surface area (Å²) >= 11 is 1.76. The van der Waals surface area contributed by atoms with Crippen LogP contribution >= 0.6 is 11.3 Å². The number of carbonyl (C=O) groups excluding carboxylic acids is 1. The van der Waals surface area contributed by atoms with E-state index in [1.165, 1.54) is 15.6 Å². The molecule has 4 aliphatic heterocycles. The number of thiophene rings is 1. The summed E-state index contributed by atoms with van der Waals surface area (Å²) in [6.45, 7) is 6.04. The summed E-state index contributed by atoms with van der Waals surface area (Å²) in [6, 6.07) is 6.32. The molecule has 5 heterocycles. The summed E-state index contributed by atoms with van der Waals surface area (Å²) in [5, 5.41) is 3.42. The van der Waals surface area contributed by atoms with Gasteiger partial charge in [0.15, 0.2) is 0 Å². The fourth-order valence-electron chi connectivity index (χ4n) is 4.52. The van der Waals surface area contributed by atoms with Crippen LogP contribution in [0, 0.1) is 12.8 Å². The summed E-state index contributed by atoms with van der Waals surface area (Å²) in [6.07, 6.45) is 2.14. The quantitative estimate of drug-likeness (QED) is 0.801. The summed E-state index contributed by atoms with van der Waals surface area (Å²) in [4.78, 5) is 16.9. The van der Waals surface area contributed by atoms with E-state index in [0.29, 0.717) is 12.5 Å². The zero-order valence-corrected chi connectivity index (χ0v) is 14.1. The van der Waals surface area contributed by atoms with Crippen LogP contribution in [0.4, 0.5) is 10.5 Å². The Morgan fingerprint density at radius 2 is 2.09 bits per heavy atom. The molecule has 4 saturated heterocycles. The van der Waals surface area contributed by atoms with Crippen molar-refractivity contribution in [2.75, 3.05) is 31.1 Å². The first-order valence-corrected chi connectivity index (χ1v) is 9.23. The number of aryl methyl sites for hydroxylation is 1. The van der Waals surface area contributed by atoms with Crippen molar-refractivity contribution < 1.29 is 9.53 Å². The number of hydrogen-bond acceptors (Lipinski definition) is 4. The standard InChI is InChI=1S/C18H20N2O2S/c1-12-9-23-16-3-2-14(8-15(12)16)20-11-18(22-17(20)21)10-19-6-4-13(18)5-7-19/h2-3,8-9,13H,4-7,10-11H2,1H3. The first-order valence-electron chi connectivity index (χ1n) is 8.35. The SMILES string of the molecule is Cc1csc2ccc(N3CC4(CN5CCC4CC5)OC3=O)cc12. The zero-order valence-electron chi connectivity index (χ0n) is 13.2. The van der Waals surface area contributed by atoms with Gasteiger partial charge in [0.05, 0.1) is 6.54 Å². The normalized spacial score (nSPS) is 32.9. The molecule has 5 heteroatoms. The summed E-state index contributed by atoms with van der Waals surface area (Å²) in [5.74, 6) is 0.521. The summed E-state index contributed by atoms with van der Waals surface area (Å²) < 4.78 is 7.24. The lowest BCUT2D eigenvalue weighted by Gasteiger charge is -2.49. The Kier molecular flexibility index (Phi) is 2.83. The fourth-order valence-corrected chi connectivity index (χ4v) is 5.45. The van der Waals surface area contributed by atoms with Crippen molar-refractivity contribution in [3.05, 3.63) is 29.1 Å². The molecule has 2 aromatic rings. The van der Waals surface area contributed by atoms with Crippen molar-refractivity contribution in [2.45, 2.75) is 25.4 Å². The molecule has 1 spiro atoms. The van der Waals surface area contributed by atoms with Crippen molar-refractivity contribution in [2.24, 2.45) is 5.92 Å². The lowest BCUT2D eigenvalue weighted by molar-refractivity contribution is -0.0881. The van der Waals surface area contributed by atoms with Crippen LogP contribution in [0.3, 0.4) is 0 Å². The predicted octanol–water partition coefficient (Wildman–Crippen LogP) is 3.63. The maximum atomic E-state index is 12.6. The molecule has 1 aromatic carbocycles. The number of fused-ring (bicyclic) bond motifs is 3. The molecule has 1 amide bonds. The molecule has 4 nitrogen and oxygen atoms in total. The molecule has 2 bridgehead atoms. The smallest absolute Gasteiger partial charge is 0.415 e. The maximum Gasteiger partial charge on any atom is 0.415 e. The number of hydrogen-bond donors (Lipinski definition) is 0. The van der Waals surface area contributed by atoms with Crippen molar-refractivity contribution in [3.63, 3.8) is 0 Å². The molecular weight excluding hydrogens is 308 g/mol. The molecule has 4 fully saturated rings. The molecular formula is C18H20N2O2S. The Morgan fingerprint density at radius 3 is 2.83 bits per heavy atom. The van der Waals surface area contributed by atoms with E-state index in [9.17, 15) is 4.79 Å². The Morgan fingerprint density at radius 1 is 1.26 bits per heavy atom. The lowest BCUT2D eigenvalue weighted by Crippen LogP contribution is -2.61. The topological polar surface area (TPSA) is 32.8 Å². The number of carbonyl (C=O) groups is 1. The second-order valence-electron chi connectivity index (χ2n) is 7.17. The van der Waals surface area contributed by atoms with Crippen LogP contribution in [0.1, 0.15) is 18.4 Å². The third-order valence-electron chi connectivity index (χ3n) is 5.82. The van der Waals surface area contributed by atoms with E-state index in [1.54, 1.807) is 11.3 Å². The number of benzene rings is 1. The molecule has 1 aromatic heterocycles. The van der Waals surface area contributed by atoms with Crippen molar-refractivity contribution in [1.29, 1.82) is 0 Å². The highest BCUT2D eigenvalue weighted by molar-refractivity contribution is 7.17. The van der Waals surface area contributed by atoms with E-state index in [2.05, 4.69) is 35.4 Å². The fraction of sp³-hybridized carbons (Fsp3) is 0.500. The van der Waals surface area contributed by atoms with Crippen LogP contribution in [0.5, 0.6) is 0 Å². The minimum atomic E-state index is -0.285. The van der Waals surface area contributed by atoms with E-state index in [4.69, 9.17) is 4.74 Å². The van der Waals surface area contributed by atoms with Crippen molar-refractivity contribution in [1.82, 2.24) is 4.90 Å². The van der Waals surface area contributed by atoms with Gasteiger partial charge in [-0.05, 0) is 67.4 Å². The summed E-state index contributed by atoms with van der Waals surface area (Å²) in [5.41, 5.74) is 1.96. The van der Waals surface area contributed by atoms with Gasteiger partial charge in [-0.15, -0.1) is 11.3 Å². The largest absolute Gasteiger partial charge is 0.439 e. The maximum absolute atomic E-state index is 12.6. The van der Waals surface area contributed by atoms with E-state index in [0.717, 1.165) is 38.2 Å². The molecule has 23 heavy (non-hydrogen) atoms. The minimum Gasteiger partial charge on any atom is -0.439 e. The monoisotopic (exact) mass is 328 g/mol. The highest BCUT2D eigenvalue weighted by Crippen LogP contribution is 2.43. The molecule has 0 N–H and O–H groups in total. The Hall–Kier alpha value is -1.59. The average molecular weight is 328 g/mol. The molecule has 0 radical (unpaired) electrons. The zero-order chi connectivity index (χ0) is 15.6. The Balaban J connectivity index is 1.50. The van der Waals surface area contributed by atoms with Crippen LogP contribution in [0.15, 0.2) is 23.6 Å². The number of anilines is 1. The van der Waals surface area contributed by atoms with Crippen LogP contribution in [-0.2, 0) is 4.74 Å². The number of rotatable bonds is 1. The van der Waals surface area contributed by atoms with Gasteiger partial charge in [0.25, 0.3) is 0 Å². The van der Waals surface area contributed by atoms with Gasteiger partial charge < -0.3 is 4.74 Å². The average Bonchev–Trinajstić information content (AvgIpc) is 3.09. The van der Waals surface area contributed by atoms with E-state index < -0.39 is 0 Å². The van der Waals surface area contributed by atoms with Gasteiger partial charge in [0.2, 0.25) is 0 Å². The Labute approximate surface area is 139 Å². The molecule has 0 aliphatic carbocycles. The van der Waals surface area contributed by atoms with Crippen LogP contribution in [0.2, 0.25) is 0 Å². The number of piperidine rings is 3. The van der Waals surface area contributed by atoms with Crippen molar-refractivity contribution >= 4 is 33.2 Å². The molecule has 4 aliphatic rings. The first kappa shape index (κ1) is 13.8. The number of amides is 1. The second kappa shape index (κ2) is 4.71. The molecule has 6 rings (SSSR count). The van der Waals surface area contributed by atoms with Crippen LogP contribution in [-0.4, -0.2) is 42.8 Å². The third-order valence-corrected chi connectivity index (χ3v) is 6.90.